The minimum atomic E-state index is -0.204. The van der Waals surface area contributed by atoms with Crippen molar-refractivity contribution in [2.24, 2.45) is 0 Å². The van der Waals surface area contributed by atoms with Gasteiger partial charge in [0.1, 0.15) is 5.82 Å². The fraction of sp³-hybridized carbons (Fsp3) is 0.158. The number of aromatic nitrogens is 1. The summed E-state index contributed by atoms with van der Waals surface area (Å²) in [6, 6.07) is 12.6. The first-order valence-corrected chi connectivity index (χ1v) is 8.41. The van der Waals surface area contributed by atoms with Gasteiger partial charge < -0.3 is 0 Å². The molecule has 0 bridgehead atoms. The maximum Gasteiger partial charge on any atom is 0.257 e. The number of aryl methyl sites for hydroxylation is 2. The Balaban J connectivity index is 1.70. The molecule has 5 heteroatoms. The molecule has 0 aliphatic heterocycles. The summed E-state index contributed by atoms with van der Waals surface area (Å²) in [5.41, 5.74) is 3.07. The van der Waals surface area contributed by atoms with Gasteiger partial charge in [-0.1, -0.05) is 30.3 Å². The molecule has 0 atom stereocenters. The van der Waals surface area contributed by atoms with Crippen LogP contribution < -0.4 is 5.32 Å². The van der Waals surface area contributed by atoms with E-state index in [0.717, 1.165) is 16.0 Å². The van der Waals surface area contributed by atoms with Gasteiger partial charge in [-0.15, -0.1) is 11.3 Å². The molecule has 122 valence electrons. The van der Waals surface area contributed by atoms with E-state index < -0.39 is 0 Å². The van der Waals surface area contributed by atoms with Gasteiger partial charge in [-0.05, 0) is 42.7 Å². The number of rotatable bonds is 4. The quantitative estimate of drug-likeness (QED) is 0.745. The van der Waals surface area contributed by atoms with Gasteiger partial charge in [0, 0.05) is 23.1 Å². The van der Waals surface area contributed by atoms with E-state index in [2.05, 4.69) is 10.3 Å². The average molecular weight is 340 g/mol. The first kappa shape index (κ1) is 16.3. The average Bonchev–Trinajstić information content (AvgIpc) is 2.98. The summed E-state index contributed by atoms with van der Waals surface area (Å²) in [5, 5.41) is 3.37. The number of amides is 1. The largest absolute Gasteiger partial charge is 0.298 e. The van der Waals surface area contributed by atoms with Crippen LogP contribution in [-0.2, 0) is 6.42 Å². The lowest BCUT2D eigenvalue weighted by Crippen LogP contribution is -2.12. The number of anilines is 1. The number of hydrogen-bond acceptors (Lipinski definition) is 3. The molecular formula is C19H17FN2OS. The van der Waals surface area contributed by atoms with E-state index in [1.807, 2.05) is 31.2 Å². The lowest BCUT2D eigenvalue weighted by atomic mass is 10.1. The Hall–Kier alpha value is -2.53. The van der Waals surface area contributed by atoms with Crippen LogP contribution in [0.4, 0.5) is 9.52 Å². The molecular weight excluding hydrogens is 323 g/mol. The van der Waals surface area contributed by atoms with Gasteiger partial charge in [0.2, 0.25) is 0 Å². The molecule has 1 aromatic heterocycles. The highest BCUT2D eigenvalue weighted by atomic mass is 32.1. The van der Waals surface area contributed by atoms with Crippen molar-refractivity contribution in [2.45, 2.75) is 20.3 Å². The number of carbonyl (C=O) groups is 1. The standard InChI is InChI=1S/C19H17FN2OS/c1-12-5-3-4-6-16(12)18(23)22-19-21-11-15(24-19)9-14-8-7-13(2)17(20)10-14/h3-8,10-11H,9H2,1-2H3,(H,21,22,23). The Morgan fingerprint density at radius 3 is 2.71 bits per heavy atom. The van der Waals surface area contributed by atoms with E-state index in [0.29, 0.717) is 22.7 Å². The molecule has 1 amide bonds. The molecule has 24 heavy (non-hydrogen) atoms. The summed E-state index contributed by atoms with van der Waals surface area (Å²) in [6.07, 6.45) is 2.31. The second kappa shape index (κ2) is 6.93. The van der Waals surface area contributed by atoms with E-state index in [1.54, 1.807) is 31.3 Å². The summed E-state index contributed by atoms with van der Waals surface area (Å²) < 4.78 is 13.6. The smallest absolute Gasteiger partial charge is 0.257 e. The zero-order chi connectivity index (χ0) is 17.1. The normalized spacial score (nSPS) is 10.6. The minimum absolute atomic E-state index is 0.171. The molecule has 0 unspecified atom stereocenters. The Bertz CT molecular complexity index is 889. The second-order valence-corrected chi connectivity index (χ2v) is 6.78. The summed E-state index contributed by atoms with van der Waals surface area (Å²) >= 11 is 1.40. The minimum Gasteiger partial charge on any atom is -0.298 e. The van der Waals surface area contributed by atoms with Crippen molar-refractivity contribution >= 4 is 22.4 Å². The predicted molar refractivity (Wildman–Crippen MR) is 95.2 cm³/mol. The third-order valence-electron chi connectivity index (χ3n) is 3.78. The Morgan fingerprint density at radius 1 is 1.17 bits per heavy atom. The molecule has 0 saturated carbocycles. The van der Waals surface area contributed by atoms with Crippen molar-refractivity contribution in [2.75, 3.05) is 5.32 Å². The molecule has 0 fully saturated rings. The SMILES string of the molecule is Cc1ccc(Cc2cnc(NC(=O)c3ccccc3C)s2)cc1F. The molecule has 0 saturated heterocycles. The van der Waals surface area contributed by atoms with Crippen LogP contribution in [0.2, 0.25) is 0 Å². The monoisotopic (exact) mass is 340 g/mol. The molecule has 2 aromatic carbocycles. The zero-order valence-corrected chi connectivity index (χ0v) is 14.3. The van der Waals surface area contributed by atoms with Gasteiger partial charge >= 0.3 is 0 Å². The van der Waals surface area contributed by atoms with E-state index in [4.69, 9.17) is 0 Å². The lowest BCUT2D eigenvalue weighted by molar-refractivity contribution is 0.102. The number of benzene rings is 2. The van der Waals surface area contributed by atoms with Gasteiger partial charge in [0.25, 0.3) is 5.91 Å². The zero-order valence-electron chi connectivity index (χ0n) is 13.5. The molecule has 0 radical (unpaired) electrons. The third kappa shape index (κ3) is 3.68. The number of hydrogen-bond donors (Lipinski definition) is 1. The molecule has 0 aliphatic rings. The summed E-state index contributed by atoms with van der Waals surface area (Å²) in [6.45, 7) is 3.64. The highest BCUT2D eigenvalue weighted by molar-refractivity contribution is 7.15. The fourth-order valence-electron chi connectivity index (χ4n) is 2.39. The Morgan fingerprint density at radius 2 is 1.96 bits per heavy atom. The summed E-state index contributed by atoms with van der Waals surface area (Å²) in [7, 11) is 0. The van der Waals surface area contributed by atoms with Crippen molar-refractivity contribution in [3.05, 3.63) is 81.6 Å². The van der Waals surface area contributed by atoms with Crippen molar-refractivity contribution < 1.29 is 9.18 Å². The van der Waals surface area contributed by atoms with Crippen molar-refractivity contribution in [1.82, 2.24) is 4.98 Å². The molecule has 3 aromatic rings. The molecule has 0 spiro atoms. The first-order chi connectivity index (χ1) is 11.5. The lowest BCUT2D eigenvalue weighted by Gasteiger charge is -2.04. The second-order valence-electron chi connectivity index (χ2n) is 5.66. The van der Waals surface area contributed by atoms with Crippen molar-refractivity contribution in [3.63, 3.8) is 0 Å². The maximum absolute atomic E-state index is 13.6. The van der Waals surface area contributed by atoms with Gasteiger partial charge in [-0.25, -0.2) is 9.37 Å². The summed E-state index contributed by atoms with van der Waals surface area (Å²) in [4.78, 5) is 17.5. The van der Waals surface area contributed by atoms with Crippen LogP contribution in [0.15, 0.2) is 48.7 Å². The highest BCUT2D eigenvalue weighted by Crippen LogP contribution is 2.23. The number of halogens is 1. The van der Waals surface area contributed by atoms with Crippen LogP contribution in [0.25, 0.3) is 0 Å². The molecule has 3 nitrogen and oxygen atoms in total. The van der Waals surface area contributed by atoms with Gasteiger partial charge in [-0.2, -0.15) is 0 Å². The molecule has 1 N–H and O–H groups in total. The van der Waals surface area contributed by atoms with Gasteiger partial charge in [0.05, 0.1) is 0 Å². The topological polar surface area (TPSA) is 42.0 Å². The van der Waals surface area contributed by atoms with Crippen molar-refractivity contribution in [1.29, 1.82) is 0 Å². The van der Waals surface area contributed by atoms with E-state index in [9.17, 15) is 9.18 Å². The highest BCUT2D eigenvalue weighted by Gasteiger charge is 2.11. The number of nitrogens with zero attached hydrogens (tertiary/aromatic N) is 1. The number of carbonyl (C=O) groups excluding carboxylic acids is 1. The first-order valence-electron chi connectivity index (χ1n) is 7.59. The number of nitrogens with one attached hydrogen (secondary N) is 1. The number of thiazole rings is 1. The van der Waals surface area contributed by atoms with E-state index >= 15 is 0 Å². The predicted octanol–water partition coefficient (Wildman–Crippen LogP) is 4.74. The van der Waals surface area contributed by atoms with Crippen LogP contribution >= 0.6 is 11.3 Å². The van der Waals surface area contributed by atoms with Crippen molar-refractivity contribution in [3.8, 4) is 0 Å². The van der Waals surface area contributed by atoms with Crippen LogP contribution in [0, 0.1) is 19.7 Å². The van der Waals surface area contributed by atoms with E-state index in [-0.39, 0.29) is 11.7 Å². The molecule has 3 rings (SSSR count). The third-order valence-corrected chi connectivity index (χ3v) is 4.69. The maximum atomic E-state index is 13.6. The van der Waals surface area contributed by atoms with E-state index in [1.165, 1.54) is 11.3 Å². The van der Waals surface area contributed by atoms with Gasteiger partial charge in [0.15, 0.2) is 5.13 Å². The molecule has 1 heterocycles. The van der Waals surface area contributed by atoms with Crippen LogP contribution in [0.5, 0.6) is 0 Å². The fourth-order valence-corrected chi connectivity index (χ4v) is 3.23. The van der Waals surface area contributed by atoms with Gasteiger partial charge in [-0.3, -0.25) is 10.1 Å². The van der Waals surface area contributed by atoms with Crippen LogP contribution in [0.1, 0.15) is 31.9 Å². The Kier molecular flexibility index (Phi) is 4.71. The molecule has 0 aliphatic carbocycles. The van der Waals surface area contributed by atoms with Crippen LogP contribution in [0.3, 0.4) is 0 Å². The Labute approximate surface area is 144 Å². The summed E-state index contributed by atoms with van der Waals surface area (Å²) in [5.74, 6) is -0.375. The van der Waals surface area contributed by atoms with Crippen LogP contribution in [-0.4, -0.2) is 10.9 Å².